The van der Waals surface area contributed by atoms with Crippen LogP contribution in [-0.2, 0) is 0 Å². The molecule has 13 heavy (non-hydrogen) atoms. The van der Waals surface area contributed by atoms with Crippen LogP contribution in [0.15, 0.2) is 18.2 Å². The molecule has 0 aromatic heterocycles. The molecule has 0 bridgehead atoms. The molecule has 72 valence electrons. The van der Waals surface area contributed by atoms with Crippen molar-refractivity contribution in [3.63, 3.8) is 0 Å². The Hall–Kier alpha value is -1.04. The number of benzene rings is 1. The summed E-state index contributed by atoms with van der Waals surface area (Å²) in [6, 6.07) is 1.98. The maximum atomic E-state index is 13.0. The second-order valence-electron chi connectivity index (χ2n) is 2.53. The van der Waals surface area contributed by atoms with Gasteiger partial charge in [-0.05, 0) is 6.07 Å². The number of hydroxylamine groups is 1. The minimum atomic E-state index is -0.930. The summed E-state index contributed by atoms with van der Waals surface area (Å²) < 4.78 is 25.4. The molecule has 0 aliphatic carbocycles. The summed E-state index contributed by atoms with van der Waals surface area (Å²) in [6.07, 6.45) is 0. The molecule has 0 saturated carbocycles. The van der Waals surface area contributed by atoms with Crippen LogP contribution >= 0.6 is 0 Å². The van der Waals surface area contributed by atoms with Gasteiger partial charge in [-0.25, -0.2) is 8.78 Å². The van der Waals surface area contributed by atoms with E-state index in [1.807, 2.05) is 0 Å². The molecule has 0 unspecified atom stereocenters. The van der Waals surface area contributed by atoms with E-state index in [0.29, 0.717) is 6.07 Å². The van der Waals surface area contributed by atoms with Crippen LogP contribution in [0.5, 0.6) is 0 Å². The highest BCUT2D eigenvalue weighted by Gasteiger charge is 2.13. The molecule has 1 rings (SSSR count). The molecule has 0 fully saturated rings. The second kappa shape index (κ2) is 4.27. The second-order valence-corrected chi connectivity index (χ2v) is 2.53. The van der Waals surface area contributed by atoms with Gasteiger partial charge in [0.15, 0.2) is 0 Å². The first kappa shape index (κ1) is 10.0. The molecular weight excluding hydrogens is 180 g/mol. The molecule has 3 N–H and O–H groups in total. The Kier molecular flexibility index (Phi) is 3.30. The molecule has 1 aromatic rings. The Bertz CT molecular complexity index is 289. The Morgan fingerprint density at radius 1 is 1.38 bits per heavy atom. The largest absolute Gasteiger partial charge is 0.394 e. The van der Waals surface area contributed by atoms with Crippen molar-refractivity contribution in [2.45, 2.75) is 6.04 Å². The minimum Gasteiger partial charge on any atom is -0.394 e. The van der Waals surface area contributed by atoms with Crippen molar-refractivity contribution in [1.29, 1.82) is 0 Å². The van der Waals surface area contributed by atoms with Gasteiger partial charge in [0.05, 0.1) is 12.6 Å². The fourth-order valence-electron chi connectivity index (χ4n) is 0.993. The lowest BCUT2D eigenvalue weighted by molar-refractivity contribution is 0.0888. The van der Waals surface area contributed by atoms with Gasteiger partial charge in [-0.3, -0.25) is 0 Å². The number of aliphatic hydroxyl groups is 1. The van der Waals surface area contributed by atoms with Gasteiger partial charge in [-0.2, -0.15) is 5.48 Å². The zero-order valence-corrected chi connectivity index (χ0v) is 6.67. The molecule has 1 atom stereocenters. The summed E-state index contributed by atoms with van der Waals surface area (Å²) in [5.41, 5.74) is 1.74. The summed E-state index contributed by atoms with van der Waals surface area (Å²) in [6.45, 7) is -0.473. The standard InChI is InChI=1S/C8H9F2NO2/c9-5-1-2-6(7(10)3-5)8(4-12)11-13/h1-3,8,11-13H,4H2/t8-/m1/s1. The van der Waals surface area contributed by atoms with E-state index in [2.05, 4.69) is 0 Å². The Morgan fingerprint density at radius 3 is 2.54 bits per heavy atom. The lowest BCUT2D eigenvalue weighted by atomic mass is 10.1. The third-order valence-electron chi connectivity index (χ3n) is 1.68. The van der Waals surface area contributed by atoms with Gasteiger partial charge < -0.3 is 10.3 Å². The molecule has 0 heterocycles. The lowest BCUT2D eigenvalue weighted by Crippen LogP contribution is -2.21. The average Bonchev–Trinajstić information content (AvgIpc) is 2.10. The summed E-state index contributed by atoms with van der Waals surface area (Å²) in [7, 11) is 0. The van der Waals surface area contributed by atoms with E-state index in [1.165, 1.54) is 0 Å². The minimum absolute atomic E-state index is 0.0198. The number of halogens is 2. The van der Waals surface area contributed by atoms with Crippen LogP contribution in [0.25, 0.3) is 0 Å². The number of rotatable bonds is 3. The van der Waals surface area contributed by atoms with Gasteiger partial charge in [-0.15, -0.1) is 0 Å². The molecule has 0 radical (unpaired) electrons. The topological polar surface area (TPSA) is 52.5 Å². The van der Waals surface area contributed by atoms with Crippen molar-refractivity contribution in [2.75, 3.05) is 6.61 Å². The fourth-order valence-corrected chi connectivity index (χ4v) is 0.993. The van der Waals surface area contributed by atoms with Crippen LogP contribution in [0.4, 0.5) is 8.78 Å². The van der Waals surface area contributed by atoms with Crippen molar-refractivity contribution >= 4 is 0 Å². The Labute approximate surface area is 73.6 Å². The van der Waals surface area contributed by atoms with Crippen LogP contribution in [0, 0.1) is 11.6 Å². The summed E-state index contributed by atoms with van der Waals surface area (Å²) in [4.78, 5) is 0. The van der Waals surface area contributed by atoms with Gasteiger partial charge in [0.2, 0.25) is 0 Å². The van der Waals surface area contributed by atoms with Crippen LogP contribution in [0.1, 0.15) is 11.6 Å². The highest BCUT2D eigenvalue weighted by atomic mass is 19.1. The molecule has 0 amide bonds. The van der Waals surface area contributed by atoms with Gasteiger partial charge in [0.25, 0.3) is 0 Å². The van der Waals surface area contributed by atoms with Crippen LogP contribution in [0.2, 0.25) is 0 Å². The van der Waals surface area contributed by atoms with Crippen molar-refractivity contribution in [3.8, 4) is 0 Å². The van der Waals surface area contributed by atoms with E-state index in [4.69, 9.17) is 10.3 Å². The van der Waals surface area contributed by atoms with Crippen molar-refractivity contribution < 1.29 is 19.1 Å². The van der Waals surface area contributed by atoms with E-state index in [-0.39, 0.29) is 5.56 Å². The first-order valence-electron chi connectivity index (χ1n) is 3.64. The van der Waals surface area contributed by atoms with Crippen LogP contribution in [-0.4, -0.2) is 16.9 Å². The lowest BCUT2D eigenvalue weighted by Gasteiger charge is -2.12. The molecule has 1 aromatic carbocycles. The van der Waals surface area contributed by atoms with E-state index < -0.39 is 24.3 Å². The Balaban J connectivity index is 2.99. The number of hydrogen-bond acceptors (Lipinski definition) is 3. The summed E-state index contributed by atoms with van der Waals surface area (Å²) in [5, 5.41) is 17.2. The highest BCUT2D eigenvalue weighted by molar-refractivity contribution is 5.21. The van der Waals surface area contributed by atoms with E-state index >= 15 is 0 Å². The van der Waals surface area contributed by atoms with E-state index in [9.17, 15) is 8.78 Å². The van der Waals surface area contributed by atoms with E-state index in [0.717, 1.165) is 12.1 Å². The molecule has 0 aliphatic heterocycles. The zero-order valence-electron chi connectivity index (χ0n) is 6.67. The average molecular weight is 189 g/mol. The molecule has 5 heteroatoms. The first-order valence-corrected chi connectivity index (χ1v) is 3.64. The number of nitrogens with one attached hydrogen (secondary N) is 1. The maximum Gasteiger partial charge on any atom is 0.131 e. The SMILES string of the molecule is OC[C@@H](NO)c1ccc(F)cc1F. The smallest absolute Gasteiger partial charge is 0.131 e. The van der Waals surface area contributed by atoms with Gasteiger partial charge in [-0.1, -0.05) is 6.07 Å². The monoisotopic (exact) mass is 189 g/mol. The number of hydrogen-bond donors (Lipinski definition) is 3. The number of aliphatic hydroxyl groups excluding tert-OH is 1. The molecule has 0 spiro atoms. The van der Waals surface area contributed by atoms with Crippen molar-refractivity contribution in [1.82, 2.24) is 5.48 Å². The fraction of sp³-hybridized carbons (Fsp3) is 0.250. The normalized spacial score (nSPS) is 12.9. The third kappa shape index (κ3) is 2.21. The molecular formula is C8H9F2NO2. The van der Waals surface area contributed by atoms with Gasteiger partial charge in [0.1, 0.15) is 11.6 Å². The predicted molar refractivity (Wildman–Crippen MR) is 41.1 cm³/mol. The maximum absolute atomic E-state index is 13.0. The van der Waals surface area contributed by atoms with Crippen molar-refractivity contribution in [3.05, 3.63) is 35.4 Å². The molecule has 0 aliphatic rings. The third-order valence-corrected chi connectivity index (χ3v) is 1.68. The van der Waals surface area contributed by atoms with Crippen molar-refractivity contribution in [2.24, 2.45) is 0 Å². The van der Waals surface area contributed by atoms with Crippen LogP contribution in [0.3, 0.4) is 0 Å². The highest BCUT2D eigenvalue weighted by Crippen LogP contribution is 2.16. The molecule has 3 nitrogen and oxygen atoms in total. The quantitative estimate of drug-likeness (QED) is 0.621. The van der Waals surface area contributed by atoms with Crippen LogP contribution < -0.4 is 5.48 Å². The Morgan fingerprint density at radius 2 is 2.08 bits per heavy atom. The van der Waals surface area contributed by atoms with E-state index in [1.54, 1.807) is 5.48 Å². The first-order chi connectivity index (χ1) is 6.19. The summed E-state index contributed by atoms with van der Waals surface area (Å²) >= 11 is 0. The molecule has 0 saturated heterocycles. The van der Waals surface area contributed by atoms with Gasteiger partial charge >= 0.3 is 0 Å². The van der Waals surface area contributed by atoms with Gasteiger partial charge in [0, 0.05) is 11.6 Å². The summed E-state index contributed by atoms with van der Waals surface area (Å²) in [5.74, 6) is -1.50. The zero-order chi connectivity index (χ0) is 9.84. The predicted octanol–water partition coefficient (Wildman–Crippen LogP) is 0.977.